The van der Waals surface area contributed by atoms with Crippen LogP contribution in [0.2, 0.25) is 0 Å². The van der Waals surface area contributed by atoms with E-state index in [1.54, 1.807) is 32.3 Å². The smallest absolute Gasteiger partial charge is 0.0326 e. The first-order chi connectivity index (χ1) is 37.6. The lowest BCUT2D eigenvalue weighted by Gasteiger charge is -2.43. The molecule has 1 aliphatic carbocycles. The normalized spacial score (nSPS) is 12.7. The molecular weight excluding hydrogens is 953 g/mol. The van der Waals surface area contributed by atoms with Crippen molar-refractivity contribution in [2.75, 3.05) is 0 Å². The predicted molar refractivity (Wildman–Crippen MR) is 343 cm³/mol. The lowest BCUT2D eigenvalue weighted by molar-refractivity contribution is 0.519. The number of nitrogens with zero attached hydrogens (tertiary/aromatic N) is 1. The molecule has 0 atom stereocenters. The van der Waals surface area contributed by atoms with Crippen LogP contribution in [0.5, 0.6) is 0 Å². The first-order valence-electron chi connectivity index (χ1n) is 32.4. The van der Waals surface area contributed by atoms with Crippen molar-refractivity contribution in [2.24, 2.45) is 0 Å². The zero-order valence-corrected chi connectivity index (χ0v) is 51.1. The Morgan fingerprint density at radius 2 is 0.526 bits per heavy atom. The minimum Gasteiger partial charge on any atom is -0.241 e. The molecule has 5 aromatic rings. The van der Waals surface area contributed by atoms with Crippen LogP contribution in [0.25, 0.3) is 0 Å². The average molecular weight is 1060 g/mol. The molecular formula is C73H109NP2. The molecule has 0 fully saturated rings. The number of hydrogen-bond donors (Lipinski definition) is 0. The molecule has 5 aromatic carbocycles. The minimum absolute atomic E-state index is 0.398. The summed E-state index contributed by atoms with van der Waals surface area (Å²) in [6.07, 6.45) is 50.6. The molecule has 416 valence electrons. The van der Waals surface area contributed by atoms with E-state index >= 15 is 0 Å². The highest BCUT2D eigenvalue weighted by Gasteiger charge is 2.40. The lowest BCUT2D eigenvalue weighted by Crippen LogP contribution is -2.39. The fourth-order valence-corrected chi connectivity index (χ4v) is 18.7. The zero-order chi connectivity index (χ0) is 53.1. The quantitative estimate of drug-likeness (QED) is 0.0278. The second-order valence-corrected chi connectivity index (χ2v) is 27.8. The molecule has 76 heavy (non-hydrogen) atoms. The maximum absolute atomic E-state index is 3.21. The van der Waals surface area contributed by atoms with E-state index in [0.29, 0.717) is 6.04 Å². The molecule has 0 aromatic heterocycles. The Morgan fingerprint density at radius 3 is 0.776 bits per heavy atom. The molecule has 0 spiro atoms. The van der Waals surface area contributed by atoms with E-state index in [2.05, 4.69) is 153 Å². The van der Waals surface area contributed by atoms with Crippen LogP contribution in [0.15, 0.2) is 121 Å². The number of hydrogen-bond acceptors (Lipinski definition) is 1. The van der Waals surface area contributed by atoms with Crippen LogP contribution in [-0.2, 0) is 38.5 Å². The second kappa shape index (κ2) is 38.5. The molecule has 6 rings (SSSR count). The largest absolute Gasteiger partial charge is 0.241 e. The van der Waals surface area contributed by atoms with E-state index in [1.807, 2.05) is 0 Å². The van der Waals surface area contributed by atoms with Gasteiger partial charge in [-0.3, -0.25) is 0 Å². The van der Waals surface area contributed by atoms with Crippen molar-refractivity contribution in [3.05, 3.63) is 155 Å². The minimum atomic E-state index is -0.910. The van der Waals surface area contributed by atoms with Crippen LogP contribution in [0.1, 0.15) is 267 Å². The van der Waals surface area contributed by atoms with Crippen LogP contribution >= 0.6 is 16.1 Å². The first-order valence-corrected chi connectivity index (χ1v) is 35.0. The maximum Gasteiger partial charge on any atom is 0.0326 e. The van der Waals surface area contributed by atoms with Crippen LogP contribution < -0.4 is 21.2 Å². The Hall–Kier alpha value is -3.08. The number of rotatable bonds is 43. The van der Waals surface area contributed by atoms with Gasteiger partial charge in [0.15, 0.2) is 0 Å². The average Bonchev–Trinajstić information content (AvgIpc) is 3.90. The number of aryl methyl sites for hydroxylation is 4. The Balaban J connectivity index is 1.39. The van der Waals surface area contributed by atoms with Crippen LogP contribution in [0, 0.1) is 0 Å². The van der Waals surface area contributed by atoms with E-state index in [-0.39, 0.29) is 0 Å². The topological polar surface area (TPSA) is 3.24 Å². The third kappa shape index (κ3) is 22.6. The van der Waals surface area contributed by atoms with E-state index in [0.717, 1.165) is 12.8 Å². The van der Waals surface area contributed by atoms with Gasteiger partial charge in [-0.2, -0.15) is 0 Å². The maximum atomic E-state index is 3.21. The standard InChI is InChI=1S/C73H109NP2/c1-5-9-13-17-21-25-29-33-43-63-47-39-53-70(57-63)75(71-54-40-48-64(58-71)44-34-30-26-22-18-14-10-6-2)74(69-61-67-51-37-38-52-68(67)62-69)76(72-55-41-49-65(59-72)45-35-31-27-23-19-15-11-7-3)73-56-42-50-66(60-73)46-36-32-28-24-20-16-12-8-4/h37-42,47-60,69H,5-36,43-46,61-62H2,1-4H3. The summed E-state index contributed by atoms with van der Waals surface area (Å²) >= 11 is 0. The first kappa shape index (κ1) is 62.1. The summed E-state index contributed by atoms with van der Waals surface area (Å²) < 4.78 is 3.21. The van der Waals surface area contributed by atoms with E-state index in [4.69, 9.17) is 0 Å². The van der Waals surface area contributed by atoms with Gasteiger partial charge in [0.2, 0.25) is 0 Å². The SMILES string of the molecule is CCCCCCCCCCc1cccc(P(c2cccc(CCCCCCCCCC)c2)N(C2Cc3ccccc3C2)P(c2cccc(CCCCCCCCCC)c2)c2cccc(CCCCCCCCCC)c2)c1. The number of unbranched alkanes of at least 4 members (excludes halogenated alkanes) is 28. The highest BCUT2D eigenvalue weighted by atomic mass is 31.2. The van der Waals surface area contributed by atoms with Gasteiger partial charge in [-0.25, -0.2) is 4.44 Å². The molecule has 3 heteroatoms. The van der Waals surface area contributed by atoms with Gasteiger partial charge < -0.3 is 0 Å². The van der Waals surface area contributed by atoms with Gasteiger partial charge in [0.05, 0.1) is 0 Å². The van der Waals surface area contributed by atoms with Crippen LogP contribution in [-0.4, -0.2) is 10.5 Å². The van der Waals surface area contributed by atoms with Crippen molar-refractivity contribution < 1.29 is 0 Å². The lowest BCUT2D eigenvalue weighted by atomic mass is 10.0. The van der Waals surface area contributed by atoms with Crippen molar-refractivity contribution >= 4 is 37.4 Å². The van der Waals surface area contributed by atoms with E-state index in [1.165, 1.54) is 253 Å². The van der Waals surface area contributed by atoms with Gasteiger partial charge in [0, 0.05) is 22.2 Å². The fourth-order valence-electron chi connectivity index (χ4n) is 12.1. The molecule has 0 saturated carbocycles. The van der Waals surface area contributed by atoms with Crippen molar-refractivity contribution in [3.8, 4) is 0 Å². The summed E-state index contributed by atoms with van der Waals surface area (Å²) in [5, 5.41) is 6.18. The highest BCUT2D eigenvalue weighted by molar-refractivity contribution is 7.84. The van der Waals surface area contributed by atoms with Gasteiger partial charge >= 0.3 is 0 Å². The molecule has 0 saturated heterocycles. The molecule has 0 aliphatic heterocycles. The molecule has 0 amide bonds. The summed E-state index contributed by atoms with van der Waals surface area (Å²) in [5.41, 5.74) is 9.24. The van der Waals surface area contributed by atoms with Gasteiger partial charge in [-0.05, 0) is 143 Å². The summed E-state index contributed by atoms with van der Waals surface area (Å²) in [6, 6.07) is 50.4. The van der Waals surface area contributed by atoms with E-state index in [9.17, 15) is 0 Å². The molecule has 1 nitrogen and oxygen atoms in total. The van der Waals surface area contributed by atoms with Gasteiger partial charge in [0.25, 0.3) is 0 Å². The van der Waals surface area contributed by atoms with Crippen LogP contribution in [0.3, 0.4) is 0 Å². The van der Waals surface area contributed by atoms with Gasteiger partial charge in [-0.15, -0.1) is 0 Å². The van der Waals surface area contributed by atoms with Crippen LogP contribution in [0.4, 0.5) is 0 Å². The zero-order valence-electron chi connectivity index (χ0n) is 49.3. The van der Waals surface area contributed by atoms with Crippen molar-refractivity contribution in [3.63, 3.8) is 0 Å². The van der Waals surface area contributed by atoms with Gasteiger partial charge in [0.1, 0.15) is 0 Å². The Labute approximate surface area is 471 Å². The summed E-state index contributed by atoms with van der Waals surface area (Å²) in [5.74, 6) is 0. The molecule has 0 bridgehead atoms. The molecule has 0 radical (unpaired) electrons. The summed E-state index contributed by atoms with van der Waals surface area (Å²) in [7, 11) is -1.82. The number of fused-ring (bicyclic) bond motifs is 1. The number of benzene rings is 5. The second-order valence-electron chi connectivity index (χ2n) is 23.4. The third-order valence-electron chi connectivity index (χ3n) is 16.7. The molecule has 1 aliphatic rings. The molecule has 0 unspecified atom stereocenters. The summed E-state index contributed by atoms with van der Waals surface area (Å²) in [6.45, 7) is 9.31. The van der Waals surface area contributed by atoms with Crippen molar-refractivity contribution in [1.29, 1.82) is 0 Å². The van der Waals surface area contributed by atoms with Crippen molar-refractivity contribution in [1.82, 2.24) is 4.44 Å². The Bertz CT molecular complexity index is 1980. The Kier molecular flexibility index (Phi) is 31.5. The predicted octanol–water partition coefficient (Wildman–Crippen LogP) is 21.3. The third-order valence-corrected chi connectivity index (χ3v) is 22.3. The molecule has 0 N–H and O–H groups in total. The monoisotopic (exact) mass is 1060 g/mol. The Morgan fingerprint density at radius 1 is 0.289 bits per heavy atom. The fraction of sp³-hybridized carbons (Fsp3) is 0.589. The van der Waals surface area contributed by atoms with Crippen molar-refractivity contribution in [2.45, 2.75) is 278 Å². The van der Waals surface area contributed by atoms with Gasteiger partial charge in [-0.1, -0.05) is 305 Å². The molecule has 0 heterocycles. The summed E-state index contributed by atoms with van der Waals surface area (Å²) in [4.78, 5) is 0. The van der Waals surface area contributed by atoms with E-state index < -0.39 is 16.1 Å². The highest BCUT2D eigenvalue weighted by Crippen LogP contribution is 2.58.